The summed E-state index contributed by atoms with van der Waals surface area (Å²) in [6, 6.07) is 0. The second-order valence-corrected chi connectivity index (χ2v) is 4.42. The van der Waals surface area contributed by atoms with E-state index in [2.05, 4.69) is 20.6 Å². The van der Waals surface area contributed by atoms with Gasteiger partial charge in [0.25, 0.3) is 0 Å². The Kier molecular flexibility index (Phi) is 4.65. The molecule has 2 N–H and O–H groups in total. The van der Waals surface area contributed by atoms with Crippen molar-refractivity contribution in [3.8, 4) is 0 Å². The van der Waals surface area contributed by atoms with Gasteiger partial charge < -0.3 is 10.6 Å². The fourth-order valence-electron chi connectivity index (χ4n) is 2.17. The van der Waals surface area contributed by atoms with E-state index < -0.39 is 0 Å². The van der Waals surface area contributed by atoms with Crippen LogP contribution in [0.15, 0.2) is 9.98 Å². The van der Waals surface area contributed by atoms with Crippen LogP contribution in [0.2, 0.25) is 0 Å². The average Bonchev–Trinajstić information content (AvgIpc) is 2.96. The van der Waals surface area contributed by atoms with Crippen LogP contribution in [0.1, 0.15) is 38.5 Å². The molecule has 2 heterocycles. The van der Waals surface area contributed by atoms with E-state index >= 15 is 0 Å². The first kappa shape index (κ1) is 11.4. The van der Waals surface area contributed by atoms with Crippen LogP contribution in [0.4, 0.5) is 0 Å². The number of nitrogens with one attached hydrogen (secondary N) is 2. The molecule has 0 aromatic heterocycles. The van der Waals surface area contributed by atoms with E-state index in [0.29, 0.717) is 0 Å². The smallest absolute Gasteiger partial charge is 0.0964 e. The summed E-state index contributed by atoms with van der Waals surface area (Å²) in [7, 11) is 0. The van der Waals surface area contributed by atoms with Crippen LogP contribution >= 0.6 is 0 Å². The Morgan fingerprint density at radius 2 is 1.25 bits per heavy atom. The molecular weight excluding hydrogens is 200 g/mol. The van der Waals surface area contributed by atoms with Gasteiger partial charge in [0.05, 0.1) is 24.8 Å². The SMILES string of the molecule is C(CCCC1=NCCN1)CCC1=NCCN1. The van der Waals surface area contributed by atoms with Gasteiger partial charge in [-0.1, -0.05) is 12.8 Å². The first-order valence-corrected chi connectivity index (χ1v) is 6.49. The molecule has 2 rings (SSSR count). The van der Waals surface area contributed by atoms with Crippen molar-refractivity contribution in [3.63, 3.8) is 0 Å². The molecule has 0 aromatic carbocycles. The summed E-state index contributed by atoms with van der Waals surface area (Å²) in [4.78, 5) is 8.79. The fourth-order valence-corrected chi connectivity index (χ4v) is 2.17. The van der Waals surface area contributed by atoms with E-state index in [-0.39, 0.29) is 0 Å². The van der Waals surface area contributed by atoms with Gasteiger partial charge in [-0.25, -0.2) is 0 Å². The number of amidine groups is 2. The first-order chi connectivity index (χ1) is 7.95. The molecule has 0 atom stereocenters. The predicted molar refractivity (Wildman–Crippen MR) is 68.3 cm³/mol. The molecular formula is C12H22N4. The van der Waals surface area contributed by atoms with Crippen LogP contribution in [0.5, 0.6) is 0 Å². The lowest BCUT2D eigenvalue weighted by Crippen LogP contribution is -2.18. The zero-order chi connectivity index (χ0) is 11.1. The highest BCUT2D eigenvalue weighted by Crippen LogP contribution is 2.07. The number of rotatable bonds is 7. The van der Waals surface area contributed by atoms with Gasteiger partial charge in [0.2, 0.25) is 0 Å². The third kappa shape index (κ3) is 3.83. The molecule has 0 saturated heterocycles. The highest BCUT2D eigenvalue weighted by Gasteiger charge is 2.05. The molecule has 0 bridgehead atoms. The molecule has 0 aromatic rings. The Balaban J connectivity index is 1.43. The van der Waals surface area contributed by atoms with Crippen LogP contribution in [0.3, 0.4) is 0 Å². The normalized spacial score (nSPS) is 19.0. The monoisotopic (exact) mass is 222 g/mol. The molecule has 2 aliphatic rings. The maximum Gasteiger partial charge on any atom is 0.0964 e. The third-order valence-corrected chi connectivity index (χ3v) is 3.06. The Labute approximate surface area is 97.6 Å². The van der Waals surface area contributed by atoms with E-state index in [0.717, 1.165) is 39.0 Å². The molecule has 0 radical (unpaired) electrons. The van der Waals surface area contributed by atoms with Gasteiger partial charge in [0, 0.05) is 25.9 Å². The zero-order valence-electron chi connectivity index (χ0n) is 9.97. The largest absolute Gasteiger partial charge is 0.372 e. The van der Waals surface area contributed by atoms with Crippen LogP contribution in [0.25, 0.3) is 0 Å². The molecule has 0 unspecified atom stereocenters. The Morgan fingerprint density at radius 3 is 1.62 bits per heavy atom. The molecule has 4 nitrogen and oxygen atoms in total. The molecule has 90 valence electrons. The maximum absolute atomic E-state index is 4.39. The van der Waals surface area contributed by atoms with Gasteiger partial charge >= 0.3 is 0 Å². The number of nitrogens with zero attached hydrogens (tertiary/aromatic N) is 2. The van der Waals surface area contributed by atoms with Crippen LogP contribution in [0, 0.1) is 0 Å². The van der Waals surface area contributed by atoms with E-state index in [1.165, 1.54) is 37.4 Å². The summed E-state index contributed by atoms with van der Waals surface area (Å²) in [5.41, 5.74) is 0. The highest BCUT2D eigenvalue weighted by atomic mass is 15.1. The van der Waals surface area contributed by atoms with Crippen molar-refractivity contribution in [2.24, 2.45) is 9.98 Å². The minimum Gasteiger partial charge on any atom is -0.372 e. The van der Waals surface area contributed by atoms with Crippen molar-refractivity contribution in [2.75, 3.05) is 26.2 Å². The van der Waals surface area contributed by atoms with Crippen molar-refractivity contribution < 1.29 is 0 Å². The summed E-state index contributed by atoms with van der Waals surface area (Å²) in [6.07, 6.45) is 7.44. The fraction of sp³-hybridized carbons (Fsp3) is 0.833. The lowest BCUT2D eigenvalue weighted by Gasteiger charge is -2.03. The van der Waals surface area contributed by atoms with Crippen molar-refractivity contribution in [1.29, 1.82) is 0 Å². The van der Waals surface area contributed by atoms with E-state index in [9.17, 15) is 0 Å². The second-order valence-electron chi connectivity index (χ2n) is 4.42. The molecule has 4 heteroatoms. The van der Waals surface area contributed by atoms with Gasteiger partial charge in [-0.2, -0.15) is 0 Å². The minimum absolute atomic E-state index is 0.973. The van der Waals surface area contributed by atoms with E-state index in [1.54, 1.807) is 0 Å². The zero-order valence-corrected chi connectivity index (χ0v) is 9.97. The molecule has 0 amide bonds. The molecule has 0 spiro atoms. The molecule has 0 aliphatic carbocycles. The Morgan fingerprint density at radius 1 is 0.750 bits per heavy atom. The standard InChI is InChI=1S/C12H22N4/c1(3-5-11-13-7-8-14-11)2-4-6-12-15-9-10-16-12/h1-10H2,(H,13,14)(H,15,16). The summed E-state index contributed by atoms with van der Waals surface area (Å²) in [5, 5.41) is 6.63. The summed E-state index contributed by atoms with van der Waals surface area (Å²) in [6.45, 7) is 4.03. The van der Waals surface area contributed by atoms with Crippen LogP contribution < -0.4 is 10.6 Å². The van der Waals surface area contributed by atoms with Crippen molar-refractivity contribution in [1.82, 2.24) is 10.6 Å². The third-order valence-electron chi connectivity index (χ3n) is 3.06. The highest BCUT2D eigenvalue weighted by molar-refractivity contribution is 5.83. The molecule has 16 heavy (non-hydrogen) atoms. The van der Waals surface area contributed by atoms with Crippen molar-refractivity contribution in [2.45, 2.75) is 38.5 Å². The van der Waals surface area contributed by atoms with Gasteiger partial charge in [0.1, 0.15) is 0 Å². The molecule has 2 aliphatic heterocycles. The predicted octanol–water partition coefficient (Wildman–Crippen LogP) is 1.33. The summed E-state index contributed by atoms with van der Waals surface area (Å²) in [5.74, 6) is 2.45. The van der Waals surface area contributed by atoms with Crippen LogP contribution in [-0.2, 0) is 0 Å². The van der Waals surface area contributed by atoms with Crippen molar-refractivity contribution in [3.05, 3.63) is 0 Å². The first-order valence-electron chi connectivity index (χ1n) is 6.49. The van der Waals surface area contributed by atoms with E-state index in [1.807, 2.05) is 0 Å². The minimum atomic E-state index is 0.973. The molecule has 0 saturated carbocycles. The number of hydrogen-bond donors (Lipinski definition) is 2. The Bertz CT molecular complexity index is 242. The topological polar surface area (TPSA) is 48.8 Å². The number of aliphatic imine (C=N–C) groups is 2. The Hall–Kier alpha value is -1.06. The van der Waals surface area contributed by atoms with Gasteiger partial charge in [-0.15, -0.1) is 0 Å². The van der Waals surface area contributed by atoms with Gasteiger partial charge in [0.15, 0.2) is 0 Å². The lowest BCUT2D eigenvalue weighted by atomic mass is 10.1. The van der Waals surface area contributed by atoms with Gasteiger partial charge in [-0.05, 0) is 12.8 Å². The maximum atomic E-state index is 4.39. The van der Waals surface area contributed by atoms with Crippen molar-refractivity contribution >= 4 is 11.7 Å². The lowest BCUT2D eigenvalue weighted by molar-refractivity contribution is 0.660. The summed E-state index contributed by atoms with van der Waals surface area (Å²) < 4.78 is 0. The average molecular weight is 222 g/mol. The number of hydrogen-bond acceptors (Lipinski definition) is 4. The van der Waals surface area contributed by atoms with Crippen LogP contribution in [-0.4, -0.2) is 37.9 Å². The molecule has 0 fully saturated rings. The quantitative estimate of drug-likeness (QED) is 0.638. The number of unbranched alkanes of at least 4 members (excludes halogenated alkanes) is 3. The second kappa shape index (κ2) is 6.51. The van der Waals surface area contributed by atoms with E-state index in [4.69, 9.17) is 0 Å². The van der Waals surface area contributed by atoms with Gasteiger partial charge in [-0.3, -0.25) is 9.98 Å². The summed E-state index contributed by atoms with van der Waals surface area (Å²) >= 11 is 0.